The first-order valence-corrected chi connectivity index (χ1v) is 9.16. The van der Waals surface area contributed by atoms with Gasteiger partial charge in [0, 0.05) is 6.54 Å². The number of carbonyl (C=O) groups is 1. The zero-order valence-electron chi connectivity index (χ0n) is 16.4. The van der Waals surface area contributed by atoms with Crippen molar-refractivity contribution >= 4 is 5.91 Å². The van der Waals surface area contributed by atoms with Gasteiger partial charge in [0.2, 0.25) is 0 Å². The number of nitrogens with one attached hydrogen (secondary N) is 1. The maximum Gasteiger partial charge on any atom is 0.260 e. The van der Waals surface area contributed by atoms with E-state index in [2.05, 4.69) is 26.1 Å². The van der Waals surface area contributed by atoms with Crippen molar-refractivity contribution in [1.29, 1.82) is 0 Å². The minimum Gasteiger partial charge on any atom is -0.491 e. The van der Waals surface area contributed by atoms with Crippen LogP contribution in [-0.4, -0.2) is 36.4 Å². The van der Waals surface area contributed by atoms with Gasteiger partial charge in [-0.15, -0.1) is 0 Å². The number of ether oxygens (including phenoxy) is 2. The van der Waals surface area contributed by atoms with Crippen molar-refractivity contribution < 1.29 is 19.4 Å². The Morgan fingerprint density at radius 1 is 1.04 bits per heavy atom. The van der Waals surface area contributed by atoms with Crippen LogP contribution in [0.1, 0.15) is 33.3 Å². The Kier molecular flexibility index (Phi) is 7.25. The van der Waals surface area contributed by atoms with Crippen LogP contribution >= 0.6 is 0 Å². The molecule has 2 aromatic carbocycles. The molecule has 0 spiro atoms. The second kappa shape index (κ2) is 9.42. The van der Waals surface area contributed by atoms with Crippen LogP contribution in [0, 0.1) is 0 Å². The van der Waals surface area contributed by atoms with E-state index in [1.807, 2.05) is 42.5 Å². The predicted octanol–water partition coefficient (Wildman–Crippen LogP) is 3.31. The first-order valence-electron chi connectivity index (χ1n) is 9.16. The van der Waals surface area contributed by atoms with E-state index in [0.29, 0.717) is 11.5 Å². The fraction of sp³-hybridized carbons (Fsp3) is 0.409. The molecule has 2 rings (SSSR count). The standard InChI is InChI=1S/C22H29NO4/c1-16(27-20-8-6-5-7-9-20)21(25)23-14-18(24)15-26-19-12-10-17(11-13-19)22(2,3)4/h5-13,16,18,24H,14-15H2,1-4H3,(H,23,25). The summed E-state index contributed by atoms with van der Waals surface area (Å²) in [5.74, 6) is 1.03. The van der Waals surface area contributed by atoms with E-state index in [9.17, 15) is 9.90 Å². The van der Waals surface area contributed by atoms with E-state index in [0.717, 1.165) is 0 Å². The summed E-state index contributed by atoms with van der Waals surface area (Å²) >= 11 is 0. The highest BCUT2D eigenvalue weighted by atomic mass is 16.5. The summed E-state index contributed by atoms with van der Waals surface area (Å²) < 4.78 is 11.1. The third kappa shape index (κ3) is 6.94. The molecule has 27 heavy (non-hydrogen) atoms. The van der Waals surface area contributed by atoms with E-state index in [1.165, 1.54) is 5.56 Å². The van der Waals surface area contributed by atoms with Crippen LogP contribution in [0.5, 0.6) is 11.5 Å². The van der Waals surface area contributed by atoms with Gasteiger partial charge in [0.15, 0.2) is 6.10 Å². The van der Waals surface area contributed by atoms with Gasteiger partial charge in [0.05, 0.1) is 0 Å². The molecular formula is C22H29NO4. The Morgan fingerprint density at radius 2 is 1.67 bits per heavy atom. The van der Waals surface area contributed by atoms with Crippen LogP contribution in [0.4, 0.5) is 0 Å². The van der Waals surface area contributed by atoms with Crippen molar-refractivity contribution in [1.82, 2.24) is 5.32 Å². The van der Waals surface area contributed by atoms with Gasteiger partial charge in [-0.1, -0.05) is 51.1 Å². The molecule has 0 heterocycles. The smallest absolute Gasteiger partial charge is 0.260 e. The number of hydrogen-bond acceptors (Lipinski definition) is 4. The summed E-state index contributed by atoms with van der Waals surface area (Å²) in [5.41, 5.74) is 1.30. The van der Waals surface area contributed by atoms with Gasteiger partial charge in [-0.2, -0.15) is 0 Å². The lowest BCUT2D eigenvalue weighted by atomic mass is 9.87. The van der Waals surface area contributed by atoms with Crippen molar-refractivity contribution in [3.8, 4) is 11.5 Å². The van der Waals surface area contributed by atoms with Crippen molar-refractivity contribution in [3.05, 3.63) is 60.2 Å². The summed E-state index contributed by atoms with van der Waals surface area (Å²) in [6, 6.07) is 17.0. The van der Waals surface area contributed by atoms with E-state index >= 15 is 0 Å². The van der Waals surface area contributed by atoms with Gasteiger partial charge < -0.3 is 19.9 Å². The molecule has 0 saturated carbocycles. The molecule has 0 aromatic heterocycles. The number of para-hydroxylation sites is 1. The number of hydrogen-bond donors (Lipinski definition) is 2. The van der Waals surface area contributed by atoms with Gasteiger partial charge >= 0.3 is 0 Å². The summed E-state index contributed by atoms with van der Waals surface area (Å²) in [5, 5.41) is 12.7. The number of amides is 1. The van der Waals surface area contributed by atoms with Gasteiger partial charge in [0.1, 0.15) is 24.2 Å². The highest BCUT2D eigenvalue weighted by Gasteiger charge is 2.16. The number of carbonyl (C=O) groups excluding carboxylic acids is 1. The normalized spacial score (nSPS) is 13.5. The fourth-order valence-corrected chi connectivity index (χ4v) is 2.42. The number of aliphatic hydroxyl groups excluding tert-OH is 1. The highest BCUT2D eigenvalue weighted by Crippen LogP contribution is 2.24. The summed E-state index contributed by atoms with van der Waals surface area (Å²) in [4.78, 5) is 12.1. The van der Waals surface area contributed by atoms with Crippen molar-refractivity contribution in [2.75, 3.05) is 13.2 Å². The minimum absolute atomic E-state index is 0.0842. The monoisotopic (exact) mass is 371 g/mol. The maximum absolute atomic E-state index is 12.1. The molecule has 146 valence electrons. The van der Waals surface area contributed by atoms with Gasteiger partial charge in [0.25, 0.3) is 5.91 Å². The zero-order valence-corrected chi connectivity index (χ0v) is 16.4. The first kappa shape index (κ1) is 20.8. The lowest BCUT2D eigenvalue weighted by Crippen LogP contribution is -2.41. The van der Waals surface area contributed by atoms with E-state index in [1.54, 1.807) is 19.1 Å². The predicted molar refractivity (Wildman–Crippen MR) is 106 cm³/mol. The molecule has 0 aliphatic carbocycles. The van der Waals surface area contributed by atoms with Crippen LogP contribution in [0.15, 0.2) is 54.6 Å². The Labute approximate surface area is 161 Å². The SMILES string of the molecule is CC(Oc1ccccc1)C(=O)NCC(O)COc1ccc(C(C)(C)C)cc1. The second-order valence-corrected chi connectivity index (χ2v) is 7.56. The molecule has 0 radical (unpaired) electrons. The molecule has 2 unspecified atom stereocenters. The van der Waals surface area contributed by atoms with Crippen molar-refractivity contribution in [2.24, 2.45) is 0 Å². The molecule has 0 bridgehead atoms. The maximum atomic E-state index is 12.1. The molecule has 1 amide bonds. The van der Waals surface area contributed by atoms with Crippen LogP contribution < -0.4 is 14.8 Å². The van der Waals surface area contributed by atoms with Gasteiger partial charge in [-0.05, 0) is 42.2 Å². The quantitative estimate of drug-likeness (QED) is 0.747. The molecule has 0 saturated heterocycles. The van der Waals surface area contributed by atoms with Crippen LogP contribution in [0.25, 0.3) is 0 Å². The number of benzene rings is 2. The Morgan fingerprint density at radius 3 is 2.26 bits per heavy atom. The lowest BCUT2D eigenvalue weighted by molar-refractivity contribution is -0.127. The number of aliphatic hydroxyl groups is 1. The average molecular weight is 371 g/mol. The van der Waals surface area contributed by atoms with E-state index in [-0.39, 0.29) is 24.5 Å². The molecule has 0 aliphatic heterocycles. The Hall–Kier alpha value is -2.53. The summed E-state index contributed by atoms with van der Waals surface area (Å²) in [6.45, 7) is 8.32. The largest absolute Gasteiger partial charge is 0.491 e. The molecule has 2 atom stereocenters. The molecule has 5 heteroatoms. The highest BCUT2D eigenvalue weighted by molar-refractivity contribution is 5.80. The molecule has 5 nitrogen and oxygen atoms in total. The van der Waals surface area contributed by atoms with Crippen LogP contribution in [-0.2, 0) is 10.2 Å². The van der Waals surface area contributed by atoms with Crippen molar-refractivity contribution in [3.63, 3.8) is 0 Å². The molecular weight excluding hydrogens is 342 g/mol. The van der Waals surface area contributed by atoms with Gasteiger partial charge in [-0.25, -0.2) is 0 Å². The molecule has 0 fully saturated rings. The first-order chi connectivity index (χ1) is 12.8. The third-order valence-corrected chi connectivity index (χ3v) is 4.10. The van der Waals surface area contributed by atoms with Crippen molar-refractivity contribution in [2.45, 2.75) is 45.3 Å². The Balaban J connectivity index is 1.72. The number of rotatable bonds is 8. The zero-order chi connectivity index (χ0) is 19.9. The second-order valence-electron chi connectivity index (χ2n) is 7.56. The van der Waals surface area contributed by atoms with E-state index in [4.69, 9.17) is 9.47 Å². The molecule has 0 aliphatic rings. The third-order valence-electron chi connectivity index (χ3n) is 4.10. The lowest BCUT2D eigenvalue weighted by Gasteiger charge is -2.20. The van der Waals surface area contributed by atoms with Gasteiger partial charge in [-0.3, -0.25) is 4.79 Å². The average Bonchev–Trinajstić information content (AvgIpc) is 2.64. The minimum atomic E-state index is -0.805. The topological polar surface area (TPSA) is 67.8 Å². The Bertz CT molecular complexity index is 707. The summed E-state index contributed by atoms with van der Waals surface area (Å²) in [6.07, 6.45) is -1.45. The summed E-state index contributed by atoms with van der Waals surface area (Å²) in [7, 11) is 0. The molecule has 2 aromatic rings. The fourth-order valence-electron chi connectivity index (χ4n) is 2.42. The van der Waals surface area contributed by atoms with E-state index < -0.39 is 12.2 Å². The molecule has 2 N–H and O–H groups in total. The van der Waals surface area contributed by atoms with Crippen LogP contribution in [0.2, 0.25) is 0 Å². The van der Waals surface area contributed by atoms with Crippen LogP contribution in [0.3, 0.4) is 0 Å².